The lowest BCUT2D eigenvalue weighted by molar-refractivity contribution is -0.121. The second-order valence-electron chi connectivity index (χ2n) is 8.73. The van der Waals surface area contributed by atoms with E-state index in [0.717, 1.165) is 4.47 Å². The molecule has 40 heavy (non-hydrogen) atoms. The maximum Gasteiger partial charge on any atom is 0.272 e. The van der Waals surface area contributed by atoms with E-state index in [1.807, 2.05) is 0 Å². The minimum Gasteiger partial charge on any atom is -0.465 e. The van der Waals surface area contributed by atoms with Crippen LogP contribution in [-0.2, 0) is 14.4 Å². The average Bonchev–Trinajstić information content (AvgIpc) is 3.56. The summed E-state index contributed by atoms with van der Waals surface area (Å²) in [6, 6.07) is 25.8. The summed E-state index contributed by atoms with van der Waals surface area (Å²) in [7, 11) is 0. The molecule has 2 N–H and O–H groups in total. The number of imide groups is 1. The van der Waals surface area contributed by atoms with E-state index in [1.54, 1.807) is 91.0 Å². The molecule has 2 heterocycles. The number of rotatable bonds is 8. The van der Waals surface area contributed by atoms with E-state index in [9.17, 15) is 19.2 Å². The number of thioether (sulfide) groups is 1. The number of nitrogens with zero attached hydrogens (tertiary/aromatic N) is 1. The molecule has 5 rings (SSSR count). The first kappa shape index (κ1) is 27.2. The van der Waals surface area contributed by atoms with Crippen molar-refractivity contribution in [3.63, 3.8) is 0 Å². The zero-order valence-electron chi connectivity index (χ0n) is 20.9. The number of amides is 4. The Hall–Kier alpha value is -4.41. The first-order chi connectivity index (χ1) is 19.4. The Morgan fingerprint density at radius 2 is 1.73 bits per heavy atom. The summed E-state index contributed by atoms with van der Waals surface area (Å²) in [6.45, 7) is 0. The van der Waals surface area contributed by atoms with Crippen molar-refractivity contribution in [3.8, 4) is 0 Å². The van der Waals surface area contributed by atoms with E-state index < -0.39 is 17.1 Å². The molecule has 200 valence electrons. The van der Waals surface area contributed by atoms with Crippen LogP contribution in [0.4, 0.5) is 11.4 Å². The maximum atomic E-state index is 13.2. The molecule has 8 nitrogen and oxygen atoms in total. The van der Waals surface area contributed by atoms with Crippen molar-refractivity contribution in [1.82, 2.24) is 5.32 Å². The summed E-state index contributed by atoms with van der Waals surface area (Å²) in [5, 5.41) is 4.85. The maximum absolute atomic E-state index is 13.2. The van der Waals surface area contributed by atoms with Crippen molar-refractivity contribution < 1.29 is 23.6 Å². The lowest BCUT2D eigenvalue weighted by Gasteiger charge is -2.15. The highest BCUT2D eigenvalue weighted by molar-refractivity contribution is 9.10. The van der Waals surface area contributed by atoms with Gasteiger partial charge in [-0.25, -0.2) is 4.90 Å². The molecule has 10 heteroatoms. The number of benzene rings is 3. The highest BCUT2D eigenvalue weighted by Gasteiger charge is 2.40. The van der Waals surface area contributed by atoms with Crippen LogP contribution in [0.15, 0.2) is 117 Å². The molecule has 4 amide bonds. The third kappa shape index (κ3) is 6.41. The first-order valence-corrected chi connectivity index (χ1v) is 13.9. The van der Waals surface area contributed by atoms with Crippen molar-refractivity contribution in [1.29, 1.82) is 0 Å². The number of halogens is 1. The quantitative estimate of drug-likeness (QED) is 0.189. The van der Waals surface area contributed by atoms with E-state index in [2.05, 4.69) is 26.6 Å². The smallest absolute Gasteiger partial charge is 0.272 e. The van der Waals surface area contributed by atoms with E-state index >= 15 is 0 Å². The van der Waals surface area contributed by atoms with Crippen LogP contribution in [0, 0.1) is 0 Å². The van der Waals surface area contributed by atoms with Gasteiger partial charge < -0.3 is 15.1 Å². The monoisotopic (exact) mass is 615 g/mol. The Morgan fingerprint density at radius 1 is 0.950 bits per heavy atom. The van der Waals surface area contributed by atoms with Gasteiger partial charge in [-0.3, -0.25) is 19.2 Å². The summed E-state index contributed by atoms with van der Waals surface area (Å²) >= 11 is 4.61. The van der Waals surface area contributed by atoms with Gasteiger partial charge in [0.05, 0.1) is 17.2 Å². The van der Waals surface area contributed by atoms with Gasteiger partial charge in [0.25, 0.3) is 11.8 Å². The van der Waals surface area contributed by atoms with Crippen LogP contribution in [0.5, 0.6) is 0 Å². The summed E-state index contributed by atoms with van der Waals surface area (Å²) in [6.07, 6.45) is 2.97. The average molecular weight is 616 g/mol. The van der Waals surface area contributed by atoms with Crippen LogP contribution >= 0.6 is 27.7 Å². The first-order valence-electron chi connectivity index (χ1n) is 12.2. The summed E-state index contributed by atoms with van der Waals surface area (Å²) in [5.74, 6) is -1.17. The number of carbonyl (C=O) groups excluding carboxylic acids is 4. The van der Waals surface area contributed by atoms with Crippen LogP contribution in [0.1, 0.15) is 22.5 Å². The molecule has 0 saturated carbocycles. The normalized spacial score (nSPS) is 15.3. The second kappa shape index (κ2) is 12.2. The fourth-order valence-corrected chi connectivity index (χ4v) is 5.40. The second-order valence-corrected chi connectivity index (χ2v) is 10.9. The molecule has 0 radical (unpaired) electrons. The predicted molar refractivity (Wildman–Crippen MR) is 157 cm³/mol. The minimum absolute atomic E-state index is 0.0106. The number of furan rings is 1. The van der Waals surface area contributed by atoms with Gasteiger partial charge in [-0.15, -0.1) is 11.8 Å². The van der Waals surface area contributed by atoms with Crippen molar-refractivity contribution in [2.45, 2.75) is 16.6 Å². The van der Waals surface area contributed by atoms with Crippen molar-refractivity contribution in [3.05, 3.63) is 119 Å². The van der Waals surface area contributed by atoms with Crippen LogP contribution in [-0.4, -0.2) is 28.9 Å². The number of anilines is 2. The van der Waals surface area contributed by atoms with Crippen LogP contribution < -0.4 is 15.5 Å². The molecule has 0 spiro atoms. The molecule has 1 aromatic heterocycles. The predicted octanol–water partition coefficient (Wildman–Crippen LogP) is 5.88. The molecular formula is C30H22BrN3O5S. The van der Waals surface area contributed by atoms with E-state index in [1.165, 1.54) is 29.0 Å². The minimum atomic E-state index is -0.596. The van der Waals surface area contributed by atoms with Gasteiger partial charge in [-0.1, -0.05) is 40.2 Å². The number of hydrogen-bond donors (Lipinski definition) is 2. The van der Waals surface area contributed by atoms with Gasteiger partial charge in [0.2, 0.25) is 11.8 Å². The van der Waals surface area contributed by atoms with Gasteiger partial charge in [-0.05, 0) is 66.7 Å². The third-order valence-corrected chi connectivity index (χ3v) is 7.63. The molecule has 1 aliphatic rings. The van der Waals surface area contributed by atoms with E-state index in [0.29, 0.717) is 27.6 Å². The van der Waals surface area contributed by atoms with E-state index in [4.69, 9.17) is 4.42 Å². The van der Waals surface area contributed by atoms with Crippen LogP contribution in [0.2, 0.25) is 0 Å². The molecule has 1 atom stereocenters. The van der Waals surface area contributed by atoms with Gasteiger partial charge in [-0.2, -0.15) is 0 Å². The number of carbonyl (C=O) groups is 4. The number of hydrogen-bond acceptors (Lipinski definition) is 6. The molecule has 1 fully saturated rings. The molecule has 1 saturated heterocycles. The van der Waals surface area contributed by atoms with Crippen molar-refractivity contribution in [2.24, 2.45) is 0 Å². The zero-order chi connectivity index (χ0) is 28.1. The van der Waals surface area contributed by atoms with Gasteiger partial charge in [0, 0.05) is 33.1 Å². The topological polar surface area (TPSA) is 109 Å². The Morgan fingerprint density at radius 3 is 2.45 bits per heavy atom. The van der Waals surface area contributed by atoms with Crippen LogP contribution in [0.25, 0.3) is 6.08 Å². The lowest BCUT2D eigenvalue weighted by Crippen LogP contribution is -2.31. The summed E-state index contributed by atoms with van der Waals surface area (Å²) in [5.41, 5.74) is 1.36. The summed E-state index contributed by atoms with van der Waals surface area (Å²) in [4.78, 5) is 53.6. The molecule has 3 aromatic carbocycles. The molecular weight excluding hydrogens is 594 g/mol. The Bertz CT molecular complexity index is 1590. The summed E-state index contributed by atoms with van der Waals surface area (Å²) < 4.78 is 6.18. The number of nitrogens with one attached hydrogen (secondary N) is 2. The Balaban J connectivity index is 1.30. The van der Waals surface area contributed by atoms with Gasteiger partial charge >= 0.3 is 0 Å². The molecule has 0 bridgehead atoms. The van der Waals surface area contributed by atoms with Crippen molar-refractivity contribution in [2.75, 3.05) is 10.2 Å². The highest BCUT2D eigenvalue weighted by atomic mass is 79.9. The largest absolute Gasteiger partial charge is 0.465 e. The molecule has 4 aromatic rings. The van der Waals surface area contributed by atoms with Gasteiger partial charge in [0.15, 0.2) is 0 Å². The fraction of sp³-hybridized carbons (Fsp3) is 0.0667. The van der Waals surface area contributed by atoms with Gasteiger partial charge in [0.1, 0.15) is 11.5 Å². The SMILES string of the molecule is O=C(Nc1cccc(S[C@@H]2CC(=O)N(c3ccc(Br)cc3)C2=O)c1)/C(=C/c1ccco1)NC(=O)c1ccccc1. The Labute approximate surface area is 242 Å². The Kier molecular flexibility index (Phi) is 8.28. The third-order valence-electron chi connectivity index (χ3n) is 5.92. The van der Waals surface area contributed by atoms with E-state index in [-0.39, 0.29) is 23.9 Å². The fourth-order valence-electron chi connectivity index (χ4n) is 4.03. The zero-order valence-corrected chi connectivity index (χ0v) is 23.3. The standard InChI is InChI=1S/C30H22BrN3O5S/c31-20-11-13-22(14-12-20)34-27(35)18-26(30(34)38)40-24-10-4-8-21(16-24)32-29(37)25(17-23-9-5-15-39-23)33-28(36)19-6-2-1-3-7-19/h1-17,26H,18H2,(H,32,37)(H,33,36)/b25-17-/t26-/m1/s1. The highest BCUT2D eigenvalue weighted by Crippen LogP contribution is 2.35. The molecule has 0 aliphatic carbocycles. The lowest BCUT2D eigenvalue weighted by atomic mass is 10.2. The van der Waals surface area contributed by atoms with Crippen molar-refractivity contribution >= 4 is 68.8 Å². The molecule has 1 aliphatic heterocycles. The molecule has 0 unspecified atom stereocenters. The van der Waals surface area contributed by atoms with Crippen LogP contribution in [0.3, 0.4) is 0 Å².